The normalized spacial score (nSPS) is 19.6. The van der Waals surface area contributed by atoms with Gasteiger partial charge in [-0.15, -0.1) is 0 Å². The third kappa shape index (κ3) is 3.63. The number of carbonyl (C=O) groups is 2. The molecule has 1 atom stereocenters. The molecule has 0 aromatic heterocycles. The van der Waals surface area contributed by atoms with Crippen molar-refractivity contribution in [3.8, 4) is 0 Å². The number of hydrogen-bond acceptors (Lipinski definition) is 3. The lowest BCUT2D eigenvalue weighted by molar-refractivity contribution is -0.131. The van der Waals surface area contributed by atoms with Crippen molar-refractivity contribution in [1.29, 1.82) is 0 Å². The topological polar surface area (TPSA) is 55.4 Å². The fourth-order valence-electron chi connectivity index (χ4n) is 1.68. The van der Waals surface area contributed by atoms with E-state index in [0.29, 0.717) is 19.6 Å². The van der Waals surface area contributed by atoms with Crippen LogP contribution < -0.4 is 5.32 Å². The van der Waals surface area contributed by atoms with Gasteiger partial charge in [0.1, 0.15) is 0 Å². The van der Waals surface area contributed by atoms with Crippen molar-refractivity contribution >= 4 is 11.7 Å². The first-order chi connectivity index (χ1) is 7.15. The molecule has 15 heavy (non-hydrogen) atoms. The molecule has 1 N–H and O–H groups in total. The van der Waals surface area contributed by atoms with Gasteiger partial charge in [-0.05, 0) is 19.8 Å². The van der Waals surface area contributed by atoms with Crippen LogP contribution in [0.5, 0.6) is 0 Å². The smallest absolute Gasteiger partial charge is 0.223 e. The van der Waals surface area contributed by atoms with Gasteiger partial charge in [0.05, 0.1) is 6.04 Å². The number of nitrogens with one attached hydrogen (secondary N) is 1. The Morgan fingerprint density at radius 1 is 1.40 bits per heavy atom. The summed E-state index contributed by atoms with van der Waals surface area (Å²) in [7, 11) is 0. The molecule has 0 saturated carbocycles. The predicted octanol–water partition coefficient (Wildman–Crippen LogP) is 0.897. The SMILES string of the molecule is CCC(=O)C(C)NC(=O)C1CCOCC1. The predicted molar refractivity (Wildman–Crippen MR) is 56.4 cm³/mol. The summed E-state index contributed by atoms with van der Waals surface area (Å²) in [6, 6.07) is -0.356. The largest absolute Gasteiger partial charge is 0.381 e. The van der Waals surface area contributed by atoms with Crippen LogP contribution in [0.1, 0.15) is 33.1 Å². The van der Waals surface area contributed by atoms with Crippen LogP contribution in [0.4, 0.5) is 0 Å². The standard InChI is InChI=1S/C11H19NO3/c1-3-10(13)8(2)12-11(14)9-4-6-15-7-5-9/h8-9H,3-7H2,1-2H3,(H,12,14). The van der Waals surface area contributed by atoms with Crippen LogP contribution >= 0.6 is 0 Å². The molecule has 0 aliphatic carbocycles. The number of ether oxygens (including phenoxy) is 1. The Balaban J connectivity index is 2.36. The summed E-state index contributed by atoms with van der Waals surface area (Å²) in [4.78, 5) is 23.0. The molecule has 0 aromatic rings. The first-order valence-electron chi connectivity index (χ1n) is 5.56. The fourth-order valence-corrected chi connectivity index (χ4v) is 1.68. The minimum atomic E-state index is -0.356. The van der Waals surface area contributed by atoms with Gasteiger partial charge in [0, 0.05) is 25.6 Å². The summed E-state index contributed by atoms with van der Waals surface area (Å²) < 4.78 is 5.18. The molecule has 1 saturated heterocycles. The number of hydrogen-bond donors (Lipinski definition) is 1. The molecule has 1 aliphatic rings. The first-order valence-corrected chi connectivity index (χ1v) is 5.56. The van der Waals surface area contributed by atoms with Crippen LogP contribution in [0, 0.1) is 5.92 Å². The maximum atomic E-state index is 11.7. The van der Waals surface area contributed by atoms with Crippen molar-refractivity contribution in [2.75, 3.05) is 13.2 Å². The van der Waals surface area contributed by atoms with E-state index in [-0.39, 0.29) is 23.7 Å². The van der Waals surface area contributed by atoms with Gasteiger partial charge < -0.3 is 10.1 Å². The van der Waals surface area contributed by atoms with Crippen LogP contribution in [-0.4, -0.2) is 30.9 Å². The molecular formula is C11H19NO3. The first kappa shape index (κ1) is 12.2. The third-order valence-corrected chi connectivity index (χ3v) is 2.78. The second kappa shape index (κ2) is 5.85. The molecule has 1 unspecified atom stereocenters. The zero-order valence-corrected chi connectivity index (χ0v) is 9.41. The van der Waals surface area contributed by atoms with Gasteiger partial charge in [-0.1, -0.05) is 6.92 Å². The fraction of sp³-hybridized carbons (Fsp3) is 0.818. The Labute approximate surface area is 90.4 Å². The molecule has 0 aromatic carbocycles. The molecule has 0 spiro atoms. The van der Waals surface area contributed by atoms with Crippen LogP contribution in [-0.2, 0) is 14.3 Å². The maximum Gasteiger partial charge on any atom is 0.223 e. The van der Waals surface area contributed by atoms with Gasteiger partial charge in [0.25, 0.3) is 0 Å². The Morgan fingerprint density at radius 2 is 2.00 bits per heavy atom. The number of rotatable bonds is 4. The molecule has 0 radical (unpaired) electrons. The highest BCUT2D eigenvalue weighted by Gasteiger charge is 2.23. The maximum absolute atomic E-state index is 11.7. The molecule has 1 amide bonds. The Kier molecular flexibility index (Phi) is 4.75. The van der Waals surface area contributed by atoms with Gasteiger partial charge in [-0.2, -0.15) is 0 Å². The van der Waals surface area contributed by atoms with Crippen molar-refractivity contribution < 1.29 is 14.3 Å². The Hall–Kier alpha value is -0.900. The van der Waals surface area contributed by atoms with Crippen LogP contribution in [0.3, 0.4) is 0 Å². The summed E-state index contributed by atoms with van der Waals surface area (Å²) in [5, 5.41) is 2.76. The average molecular weight is 213 g/mol. The quantitative estimate of drug-likeness (QED) is 0.754. The number of amides is 1. The van der Waals surface area contributed by atoms with E-state index in [1.165, 1.54) is 0 Å². The highest BCUT2D eigenvalue weighted by molar-refractivity contribution is 5.89. The van der Waals surface area contributed by atoms with E-state index < -0.39 is 0 Å². The van der Waals surface area contributed by atoms with Crippen molar-refractivity contribution in [3.05, 3.63) is 0 Å². The highest BCUT2D eigenvalue weighted by atomic mass is 16.5. The van der Waals surface area contributed by atoms with E-state index in [1.807, 2.05) is 0 Å². The highest BCUT2D eigenvalue weighted by Crippen LogP contribution is 2.14. The van der Waals surface area contributed by atoms with Crippen LogP contribution in [0.25, 0.3) is 0 Å². The molecule has 1 aliphatic heterocycles. The van der Waals surface area contributed by atoms with Crippen LogP contribution in [0.15, 0.2) is 0 Å². The summed E-state index contributed by atoms with van der Waals surface area (Å²) in [5.74, 6) is 0.0915. The summed E-state index contributed by atoms with van der Waals surface area (Å²) >= 11 is 0. The van der Waals surface area contributed by atoms with Gasteiger partial charge >= 0.3 is 0 Å². The molecule has 1 fully saturated rings. The van der Waals surface area contributed by atoms with Crippen molar-refractivity contribution in [1.82, 2.24) is 5.32 Å². The second-order valence-electron chi connectivity index (χ2n) is 3.94. The van der Waals surface area contributed by atoms with Crippen LogP contribution in [0.2, 0.25) is 0 Å². The van der Waals surface area contributed by atoms with E-state index in [2.05, 4.69) is 5.32 Å². The zero-order chi connectivity index (χ0) is 11.3. The van der Waals surface area contributed by atoms with Gasteiger partial charge in [-0.3, -0.25) is 9.59 Å². The van der Waals surface area contributed by atoms with Gasteiger partial charge in [0.2, 0.25) is 5.91 Å². The molecule has 4 nitrogen and oxygen atoms in total. The lowest BCUT2D eigenvalue weighted by atomic mass is 9.99. The second-order valence-corrected chi connectivity index (χ2v) is 3.94. The Bertz CT molecular complexity index is 234. The summed E-state index contributed by atoms with van der Waals surface area (Å²) in [6.45, 7) is 4.84. The zero-order valence-electron chi connectivity index (χ0n) is 9.41. The van der Waals surface area contributed by atoms with Crippen molar-refractivity contribution in [2.24, 2.45) is 5.92 Å². The summed E-state index contributed by atoms with van der Waals surface area (Å²) in [6.07, 6.45) is 1.99. The average Bonchev–Trinajstić information content (AvgIpc) is 2.29. The van der Waals surface area contributed by atoms with E-state index in [1.54, 1.807) is 13.8 Å². The molecule has 1 rings (SSSR count). The van der Waals surface area contributed by atoms with E-state index in [9.17, 15) is 9.59 Å². The lowest BCUT2D eigenvalue weighted by Crippen LogP contribution is -2.42. The van der Waals surface area contributed by atoms with Crippen molar-refractivity contribution in [3.63, 3.8) is 0 Å². The van der Waals surface area contributed by atoms with Crippen molar-refractivity contribution in [2.45, 2.75) is 39.2 Å². The third-order valence-electron chi connectivity index (χ3n) is 2.78. The lowest BCUT2D eigenvalue weighted by Gasteiger charge is -2.22. The number of ketones is 1. The molecule has 0 bridgehead atoms. The van der Waals surface area contributed by atoms with E-state index in [0.717, 1.165) is 12.8 Å². The molecule has 1 heterocycles. The van der Waals surface area contributed by atoms with Gasteiger partial charge in [-0.25, -0.2) is 0 Å². The minimum Gasteiger partial charge on any atom is -0.381 e. The minimum absolute atomic E-state index is 0.00685. The number of carbonyl (C=O) groups excluding carboxylic acids is 2. The number of Topliss-reactive ketones (excluding diaryl/α,β-unsaturated/α-hetero) is 1. The molecule has 86 valence electrons. The van der Waals surface area contributed by atoms with Gasteiger partial charge in [0.15, 0.2) is 5.78 Å². The monoisotopic (exact) mass is 213 g/mol. The van der Waals surface area contributed by atoms with E-state index in [4.69, 9.17) is 4.74 Å². The van der Waals surface area contributed by atoms with E-state index >= 15 is 0 Å². The molecule has 4 heteroatoms. The Morgan fingerprint density at radius 3 is 2.53 bits per heavy atom. The summed E-state index contributed by atoms with van der Waals surface area (Å²) in [5.41, 5.74) is 0. The molecular weight excluding hydrogens is 194 g/mol.